The van der Waals surface area contributed by atoms with Crippen LogP contribution in [0.2, 0.25) is 0 Å². The summed E-state index contributed by atoms with van der Waals surface area (Å²) >= 11 is 0. The van der Waals surface area contributed by atoms with Crippen LogP contribution in [0.5, 0.6) is 0 Å². The molecule has 2 aromatic carbocycles. The third-order valence-corrected chi connectivity index (χ3v) is 7.49. The van der Waals surface area contributed by atoms with Crippen molar-refractivity contribution >= 4 is 15.9 Å². The summed E-state index contributed by atoms with van der Waals surface area (Å²) < 4.78 is 33.4. The van der Waals surface area contributed by atoms with E-state index in [2.05, 4.69) is 0 Å². The molecule has 1 unspecified atom stereocenters. The van der Waals surface area contributed by atoms with Crippen molar-refractivity contribution in [1.82, 2.24) is 9.21 Å². The maximum absolute atomic E-state index is 13.4. The fourth-order valence-corrected chi connectivity index (χ4v) is 5.11. The molecule has 0 aliphatic heterocycles. The number of rotatable bonds is 11. The first kappa shape index (κ1) is 23.8. The monoisotopic (exact) mass is 454 g/mol. The SMILES string of the molecule is CCC(C)N(CC(=O)N(CCc1ccccc1)Cc1ccco1)S(=O)(=O)c1ccccc1. The van der Waals surface area contributed by atoms with Crippen LogP contribution in [0.1, 0.15) is 31.6 Å². The quantitative estimate of drug-likeness (QED) is 0.432. The Bertz CT molecular complexity index is 1070. The van der Waals surface area contributed by atoms with Gasteiger partial charge in [0, 0.05) is 12.6 Å². The van der Waals surface area contributed by atoms with Crippen LogP contribution in [0.3, 0.4) is 0 Å². The second-order valence-corrected chi connectivity index (χ2v) is 9.64. The zero-order valence-corrected chi connectivity index (χ0v) is 19.4. The molecule has 0 aliphatic carbocycles. The maximum atomic E-state index is 13.4. The average Bonchev–Trinajstić information content (AvgIpc) is 3.34. The molecule has 0 bridgehead atoms. The predicted molar refractivity (Wildman–Crippen MR) is 124 cm³/mol. The molecule has 3 aromatic rings. The smallest absolute Gasteiger partial charge is 0.243 e. The topological polar surface area (TPSA) is 70.8 Å². The lowest BCUT2D eigenvalue weighted by molar-refractivity contribution is -0.132. The molecule has 1 heterocycles. The Morgan fingerprint density at radius 2 is 1.62 bits per heavy atom. The van der Waals surface area contributed by atoms with Gasteiger partial charge in [-0.25, -0.2) is 8.42 Å². The highest BCUT2D eigenvalue weighted by atomic mass is 32.2. The second-order valence-electron chi connectivity index (χ2n) is 7.75. The first-order valence-corrected chi connectivity index (χ1v) is 12.3. The van der Waals surface area contributed by atoms with Gasteiger partial charge in [0.1, 0.15) is 5.76 Å². The summed E-state index contributed by atoms with van der Waals surface area (Å²) in [6.45, 7) is 4.27. The Hall–Kier alpha value is -2.90. The summed E-state index contributed by atoms with van der Waals surface area (Å²) in [7, 11) is -3.81. The van der Waals surface area contributed by atoms with Gasteiger partial charge in [-0.1, -0.05) is 55.5 Å². The Labute approximate surface area is 190 Å². The molecule has 6 nitrogen and oxygen atoms in total. The van der Waals surface area contributed by atoms with Gasteiger partial charge in [-0.15, -0.1) is 0 Å². The molecule has 7 heteroatoms. The number of carbonyl (C=O) groups is 1. The molecule has 0 saturated carbocycles. The number of sulfonamides is 1. The van der Waals surface area contributed by atoms with E-state index in [4.69, 9.17) is 4.42 Å². The lowest BCUT2D eigenvalue weighted by Crippen LogP contribution is -2.46. The Kier molecular flexibility index (Phi) is 8.25. The van der Waals surface area contributed by atoms with Crippen molar-refractivity contribution in [1.29, 1.82) is 0 Å². The van der Waals surface area contributed by atoms with Gasteiger partial charge in [0.05, 0.1) is 24.2 Å². The van der Waals surface area contributed by atoms with Gasteiger partial charge in [0.25, 0.3) is 0 Å². The van der Waals surface area contributed by atoms with Gasteiger partial charge < -0.3 is 9.32 Å². The number of benzene rings is 2. The number of hydrogen-bond donors (Lipinski definition) is 0. The van der Waals surface area contributed by atoms with Crippen LogP contribution >= 0.6 is 0 Å². The Morgan fingerprint density at radius 3 is 2.22 bits per heavy atom. The van der Waals surface area contributed by atoms with E-state index in [-0.39, 0.29) is 23.4 Å². The van der Waals surface area contributed by atoms with Crippen molar-refractivity contribution in [2.45, 2.75) is 44.2 Å². The Morgan fingerprint density at radius 1 is 0.969 bits per heavy atom. The average molecular weight is 455 g/mol. The minimum absolute atomic E-state index is 0.190. The molecule has 0 N–H and O–H groups in total. The van der Waals surface area contributed by atoms with Gasteiger partial charge in [0.15, 0.2) is 0 Å². The van der Waals surface area contributed by atoms with Crippen LogP contribution in [0, 0.1) is 0 Å². The summed E-state index contributed by atoms with van der Waals surface area (Å²) in [5.41, 5.74) is 1.11. The molecule has 1 aromatic heterocycles. The fourth-order valence-electron chi connectivity index (χ4n) is 3.43. The first-order chi connectivity index (χ1) is 15.4. The van der Waals surface area contributed by atoms with E-state index in [1.54, 1.807) is 47.6 Å². The van der Waals surface area contributed by atoms with E-state index >= 15 is 0 Å². The van der Waals surface area contributed by atoms with Gasteiger partial charge in [0.2, 0.25) is 15.9 Å². The van der Waals surface area contributed by atoms with Crippen molar-refractivity contribution < 1.29 is 17.6 Å². The van der Waals surface area contributed by atoms with Gasteiger partial charge >= 0.3 is 0 Å². The molecule has 0 spiro atoms. The van der Waals surface area contributed by atoms with Crippen LogP contribution in [-0.4, -0.2) is 42.7 Å². The fraction of sp³-hybridized carbons (Fsp3) is 0.320. The molecule has 170 valence electrons. The maximum Gasteiger partial charge on any atom is 0.243 e. The molecule has 3 rings (SSSR count). The molecule has 0 aliphatic rings. The zero-order chi connectivity index (χ0) is 23.0. The highest BCUT2D eigenvalue weighted by Gasteiger charge is 2.31. The number of nitrogens with zero attached hydrogens (tertiary/aromatic N) is 2. The number of furan rings is 1. The first-order valence-electron chi connectivity index (χ1n) is 10.8. The van der Waals surface area contributed by atoms with Crippen molar-refractivity contribution in [3.63, 3.8) is 0 Å². The number of amides is 1. The summed E-state index contributed by atoms with van der Waals surface area (Å²) in [6.07, 6.45) is 2.84. The van der Waals surface area contributed by atoms with Crippen LogP contribution in [0.25, 0.3) is 0 Å². The van der Waals surface area contributed by atoms with Crippen LogP contribution < -0.4 is 0 Å². The summed E-state index contributed by atoms with van der Waals surface area (Å²) in [4.78, 5) is 15.2. The highest BCUT2D eigenvalue weighted by molar-refractivity contribution is 7.89. The van der Waals surface area contributed by atoms with E-state index in [1.807, 2.05) is 50.2 Å². The predicted octanol–water partition coefficient (Wildman–Crippen LogP) is 4.34. The van der Waals surface area contributed by atoms with E-state index in [9.17, 15) is 13.2 Å². The van der Waals surface area contributed by atoms with Crippen molar-refractivity contribution in [3.8, 4) is 0 Å². The Balaban J connectivity index is 1.82. The highest BCUT2D eigenvalue weighted by Crippen LogP contribution is 2.20. The lowest BCUT2D eigenvalue weighted by atomic mass is 10.1. The van der Waals surface area contributed by atoms with Crippen LogP contribution in [-0.2, 0) is 27.8 Å². The molecule has 0 radical (unpaired) electrons. The van der Waals surface area contributed by atoms with Gasteiger partial charge in [-0.3, -0.25) is 4.79 Å². The van der Waals surface area contributed by atoms with E-state index in [0.29, 0.717) is 31.7 Å². The third kappa shape index (κ3) is 6.08. The molecular weight excluding hydrogens is 424 g/mol. The van der Waals surface area contributed by atoms with E-state index in [0.717, 1.165) is 5.56 Å². The minimum atomic E-state index is -3.81. The largest absolute Gasteiger partial charge is 0.467 e. The standard InChI is InChI=1S/C25H30N2O4S/c1-3-21(2)27(32(29,30)24-14-8-5-9-15-24)20-25(28)26(19-23-13-10-18-31-23)17-16-22-11-6-4-7-12-22/h4-15,18,21H,3,16-17,19-20H2,1-2H3. The third-order valence-electron chi connectivity index (χ3n) is 5.52. The summed E-state index contributed by atoms with van der Waals surface area (Å²) in [5, 5.41) is 0. The van der Waals surface area contributed by atoms with E-state index < -0.39 is 10.0 Å². The molecule has 1 amide bonds. The molecular formula is C25H30N2O4S. The zero-order valence-electron chi connectivity index (χ0n) is 18.6. The number of carbonyl (C=O) groups excluding carboxylic acids is 1. The molecule has 0 fully saturated rings. The molecule has 32 heavy (non-hydrogen) atoms. The second kappa shape index (κ2) is 11.1. The summed E-state index contributed by atoms with van der Waals surface area (Å²) in [6, 6.07) is 21.5. The van der Waals surface area contributed by atoms with Crippen molar-refractivity contribution in [2.24, 2.45) is 0 Å². The van der Waals surface area contributed by atoms with E-state index in [1.165, 1.54) is 4.31 Å². The minimum Gasteiger partial charge on any atom is -0.467 e. The molecule has 1 atom stereocenters. The van der Waals surface area contributed by atoms with Gasteiger partial charge in [-0.2, -0.15) is 4.31 Å². The molecule has 0 saturated heterocycles. The lowest BCUT2D eigenvalue weighted by Gasteiger charge is -2.30. The van der Waals surface area contributed by atoms with Gasteiger partial charge in [-0.05, 0) is 49.6 Å². The van der Waals surface area contributed by atoms with Crippen molar-refractivity contribution in [2.75, 3.05) is 13.1 Å². The van der Waals surface area contributed by atoms with Crippen LogP contribution in [0.4, 0.5) is 0 Å². The van der Waals surface area contributed by atoms with Crippen molar-refractivity contribution in [3.05, 3.63) is 90.4 Å². The summed E-state index contributed by atoms with van der Waals surface area (Å²) in [5.74, 6) is 0.407. The van der Waals surface area contributed by atoms with Crippen LogP contribution in [0.15, 0.2) is 88.4 Å². The normalized spacial score (nSPS) is 12.6. The number of hydrogen-bond acceptors (Lipinski definition) is 4.